The molecule has 3 N–H and O–H groups in total. The van der Waals surface area contributed by atoms with Gasteiger partial charge in [-0.2, -0.15) is 13.2 Å². The van der Waals surface area contributed by atoms with Gasteiger partial charge in [-0.3, -0.25) is 0 Å². The van der Waals surface area contributed by atoms with Gasteiger partial charge in [0, 0.05) is 11.5 Å². The molecule has 1 aromatic heterocycles. The topological polar surface area (TPSA) is 54.7 Å². The summed E-state index contributed by atoms with van der Waals surface area (Å²) in [5, 5.41) is 0. The van der Waals surface area contributed by atoms with Crippen molar-refractivity contribution < 1.29 is 13.2 Å². The van der Waals surface area contributed by atoms with Gasteiger partial charge in [-0.1, -0.05) is 13.3 Å². The lowest BCUT2D eigenvalue weighted by Gasteiger charge is -2.26. The maximum absolute atomic E-state index is 12.7. The van der Waals surface area contributed by atoms with E-state index in [4.69, 9.17) is 5.73 Å². The third kappa shape index (κ3) is 1.98. The first-order chi connectivity index (χ1) is 9.30. The fourth-order valence-electron chi connectivity index (χ4n) is 2.94. The second kappa shape index (κ2) is 4.22. The number of H-pyrrole nitrogens is 1. The minimum absolute atomic E-state index is 0.00912. The molecule has 0 aliphatic heterocycles. The van der Waals surface area contributed by atoms with Crippen LogP contribution in [0.2, 0.25) is 0 Å². The van der Waals surface area contributed by atoms with Crippen LogP contribution in [0.15, 0.2) is 18.2 Å². The molecule has 1 fully saturated rings. The number of nitrogens with two attached hydrogens (primary N) is 1. The van der Waals surface area contributed by atoms with E-state index in [1.807, 2.05) is 6.92 Å². The van der Waals surface area contributed by atoms with Crippen LogP contribution in [0.1, 0.15) is 37.6 Å². The van der Waals surface area contributed by atoms with Crippen molar-refractivity contribution in [3.8, 4) is 0 Å². The number of nitrogens with one attached hydrogen (secondary N) is 1. The lowest BCUT2D eigenvalue weighted by atomic mass is 9.84. The average Bonchev–Trinajstić information content (AvgIpc) is 2.93. The van der Waals surface area contributed by atoms with Crippen molar-refractivity contribution >= 4 is 11.0 Å². The second-order valence-corrected chi connectivity index (χ2v) is 5.73. The third-order valence-corrected chi connectivity index (χ3v) is 4.38. The molecule has 2 aromatic rings. The summed E-state index contributed by atoms with van der Waals surface area (Å²) in [6.07, 6.45) is -1.50. The van der Waals surface area contributed by atoms with Crippen LogP contribution >= 0.6 is 0 Å². The minimum Gasteiger partial charge on any atom is -0.341 e. The fraction of sp³-hybridized carbons (Fsp3) is 0.500. The average molecular weight is 283 g/mol. The van der Waals surface area contributed by atoms with E-state index in [1.54, 1.807) is 0 Å². The summed E-state index contributed by atoms with van der Waals surface area (Å²) in [4.78, 5) is 7.47. The molecule has 1 aliphatic carbocycles. The maximum Gasteiger partial charge on any atom is 0.416 e. The molecule has 0 radical (unpaired) electrons. The highest BCUT2D eigenvalue weighted by atomic mass is 19.4. The second-order valence-electron chi connectivity index (χ2n) is 5.73. The first-order valence-electron chi connectivity index (χ1n) is 6.64. The lowest BCUT2D eigenvalue weighted by Crippen LogP contribution is -2.39. The highest BCUT2D eigenvalue weighted by molar-refractivity contribution is 5.76. The van der Waals surface area contributed by atoms with Gasteiger partial charge in [0.15, 0.2) is 0 Å². The predicted molar refractivity (Wildman–Crippen MR) is 70.3 cm³/mol. The molecule has 0 saturated heterocycles. The molecule has 0 bridgehead atoms. The Labute approximate surface area is 114 Å². The molecular formula is C14H16F3N3. The standard InChI is InChI=1S/C14H16F3N3/c1-13(6-2-3-11(13)18)12-19-9-5-4-8(14(15,16)17)7-10(9)20-12/h4-5,7,11H,2-3,6,18H2,1H3,(H,19,20). The highest BCUT2D eigenvalue weighted by Crippen LogP contribution is 2.39. The van der Waals surface area contributed by atoms with Gasteiger partial charge in [0.2, 0.25) is 0 Å². The molecule has 1 aliphatic rings. The van der Waals surface area contributed by atoms with Gasteiger partial charge in [-0.25, -0.2) is 4.98 Å². The molecule has 1 saturated carbocycles. The molecule has 0 amide bonds. The summed E-state index contributed by atoms with van der Waals surface area (Å²) in [6.45, 7) is 2.02. The lowest BCUT2D eigenvalue weighted by molar-refractivity contribution is -0.137. The molecule has 0 spiro atoms. The molecule has 2 unspecified atom stereocenters. The Morgan fingerprint density at radius 1 is 1.40 bits per heavy atom. The molecule has 20 heavy (non-hydrogen) atoms. The Kier molecular flexibility index (Phi) is 2.83. The monoisotopic (exact) mass is 283 g/mol. The normalized spacial score (nSPS) is 27.4. The summed E-state index contributed by atoms with van der Waals surface area (Å²) >= 11 is 0. The van der Waals surface area contributed by atoms with Crippen molar-refractivity contribution in [1.82, 2.24) is 9.97 Å². The van der Waals surface area contributed by atoms with Crippen LogP contribution in [0.5, 0.6) is 0 Å². The number of aromatic amines is 1. The van der Waals surface area contributed by atoms with Crippen LogP contribution in [0, 0.1) is 0 Å². The summed E-state index contributed by atoms with van der Waals surface area (Å²) in [5.74, 6) is 0.692. The Bertz CT molecular complexity index is 647. The van der Waals surface area contributed by atoms with E-state index in [-0.39, 0.29) is 11.5 Å². The van der Waals surface area contributed by atoms with Crippen LogP contribution in [-0.4, -0.2) is 16.0 Å². The number of benzene rings is 1. The number of fused-ring (bicyclic) bond motifs is 1. The zero-order chi connectivity index (χ0) is 14.5. The predicted octanol–water partition coefficient (Wildman–Crippen LogP) is 3.35. The van der Waals surface area contributed by atoms with E-state index < -0.39 is 11.7 Å². The van der Waals surface area contributed by atoms with Crippen molar-refractivity contribution in [2.75, 3.05) is 0 Å². The van der Waals surface area contributed by atoms with Crippen LogP contribution in [0.3, 0.4) is 0 Å². The number of aromatic nitrogens is 2. The molecule has 6 heteroatoms. The Morgan fingerprint density at radius 2 is 2.15 bits per heavy atom. The Hall–Kier alpha value is -1.56. The van der Waals surface area contributed by atoms with Crippen LogP contribution in [0.25, 0.3) is 11.0 Å². The summed E-state index contributed by atoms with van der Waals surface area (Å²) in [5.41, 5.74) is 6.14. The number of alkyl halides is 3. The molecule has 2 atom stereocenters. The van der Waals surface area contributed by atoms with Gasteiger partial charge < -0.3 is 10.7 Å². The van der Waals surface area contributed by atoms with E-state index in [1.165, 1.54) is 6.07 Å². The molecule has 1 heterocycles. The van der Waals surface area contributed by atoms with E-state index in [0.717, 1.165) is 31.4 Å². The van der Waals surface area contributed by atoms with Gasteiger partial charge in [0.25, 0.3) is 0 Å². The summed E-state index contributed by atoms with van der Waals surface area (Å²) < 4.78 is 38.1. The maximum atomic E-state index is 12.7. The quantitative estimate of drug-likeness (QED) is 0.843. The van der Waals surface area contributed by atoms with Crippen molar-refractivity contribution in [3.63, 3.8) is 0 Å². The Morgan fingerprint density at radius 3 is 2.75 bits per heavy atom. The summed E-state index contributed by atoms with van der Waals surface area (Å²) in [6, 6.07) is 3.56. The Balaban J connectivity index is 2.07. The molecule has 3 rings (SSSR count). The zero-order valence-corrected chi connectivity index (χ0v) is 11.1. The van der Waals surface area contributed by atoms with E-state index in [2.05, 4.69) is 9.97 Å². The number of halogens is 3. The SMILES string of the molecule is CC1(c2nc3ccc(C(F)(F)F)cc3[nH]2)CCCC1N. The van der Waals surface area contributed by atoms with Gasteiger partial charge in [0.1, 0.15) is 5.82 Å². The fourth-order valence-corrected chi connectivity index (χ4v) is 2.94. The number of nitrogens with zero attached hydrogens (tertiary/aromatic N) is 1. The van der Waals surface area contributed by atoms with Crippen LogP contribution in [0.4, 0.5) is 13.2 Å². The third-order valence-electron chi connectivity index (χ3n) is 4.38. The summed E-state index contributed by atoms with van der Waals surface area (Å²) in [7, 11) is 0. The zero-order valence-electron chi connectivity index (χ0n) is 11.1. The first kappa shape index (κ1) is 13.4. The molecule has 108 valence electrons. The van der Waals surface area contributed by atoms with Gasteiger partial charge in [-0.05, 0) is 31.0 Å². The van der Waals surface area contributed by atoms with Crippen molar-refractivity contribution in [3.05, 3.63) is 29.6 Å². The first-order valence-corrected chi connectivity index (χ1v) is 6.64. The van der Waals surface area contributed by atoms with Gasteiger partial charge in [-0.15, -0.1) is 0 Å². The minimum atomic E-state index is -4.34. The highest BCUT2D eigenvalue weighted by Gasteiger charge is 2.40. The number of hydrogen-bond acceptors (Lipinski definition) is 2. The molecular weight excluding hydrogens is 267 g/mol. The number of rotatable bonds is 1. The molecule has 3 nitrogen and oxygen atoms in total. The number of hydrogen-bond donors (Lipinski definition) is 2. The van der Waals surface area contributed by atoms with Crippen LogP contribution in [-0.2, 0) is 11.6 Å². The van der Waals surface area contributed by atoms with Gasteiger partial charge >= 0.3 is 6.18 Å². The largest absolute Gasteiger partial charge is 0.416 e. The molecule has 1 aromatic carbocycles. The van der Waals surface area contributed by atoms with Crippen molar-refractivity contribution in [2.24, 2.45) is 5.73 Å². The van der Waals surface area contributed by atoms with E-state index in [9.17, 15) is 13.2 Å². The van der Waals surface area contributed by atoms with Crippen LogP contribution < -0.4 is 5.73 Å². The van der Waals surface area contributed by atoms with E-state index >= 15 is 0 Å². The van der Waals surface area contributed by atoms with Crippen molar-refractivity contribution in [1.29, 1.82) is 0 Å². The number of imidazole rings is 1. The van der Waals surface area contributed by atoms with Gasteiger partial charge in [0.05, 0.1) is 16.6 Å². The van der Waals surface area contributed by atoms with Crippen molar-refractivity contribution in [2.45, 2.75) is 43.8 Å². The van der Waals surface area contributed by atoms with E-state index in [0.29, 0.717) is 16.9 Å². The smallest absolute Gasteiger partial charge is 0.341 e.